The van der Waals surface area contributed by atoms with E-state index < -0.39 is 41.9 Å². The smallest absolute Gasteiger partial charge is 0.249 e. The van der Waals surface area contributed by atoms with Crippen LogP contribution in [-0.2, 0) is 33.8 Å². The third kappa shape index (κ3) is 8.58. The highest BCUT2D eigenvalue weighted by atomic mass is 19.1. The van der Waals surface area contributed by atoms with E-state index in [-0.39, 0.29) is 30.9 Å². The number of ether oxygens (including phenoxy) is 1. The third-order valence-corrected chi connectivity index (χ3v) is 7.98. The van der Waals surface area contributed by atoms with Gasteiger partial charge in [-0.2, -0.15) is 0 Å². The molecular formula is C38H34F3N3O4. The minimum Gasteiger partial charge on any atom is -0.497 e. The van der Waals surface area contributed by atoms with Crippen molar-refractivity contribution in [3.8, 4) is 5.75 Å². The number of halogens is 3. The molecule has 3 amide bonds. The van der Waals surface area contributed by atoms with Crippen LogP contribution in [0.4, 0.5) is 18.9 Å². The number of hydrogen-bond donors (Lipinski definition) is 1. The molecule has 0 aromatic heterocycles. The first-order valence-electron chi connectivity index (χ1n) is 15.2. The number of hydrogen-bond acceptors (Lipinski definition) is 4. The lowest BCUT2D eigenvalue weighted by molar-refractivity contribution is -0.136. The maximum Gasteiger partial charge on any atom is 0.249 e. The number of methoxy groups -OCH3 is 1. The number of amides is 3. The molecule has 0 aliphatic carbocycles. The zero-order valence-electron chi connectivity index (χ0n) is 26.5. The van der Waals surface area contributed by atoms with Crippen molar-refractivity contribution in [1.82, 2.24) is 10.2 Å². The zero-order valence-corrected chi connectivity index (χ0v) is 26.5. The summed E-state index contributed by atoms with van der Waals surface area (Å²) in [5.41, 5.74) is 2.01. The number of carbonyl (C=O) groups is 3. The molecule has 5 aromatic rings. The number of likely N-dealkylation sites (N-methyl/N-ethyl adjacent to an activating group) is 1. The van der Waals surface area contributed by atoms with Crippen LogP contribution in [0.3, 0.4) is 0 Å². The lowest BCUT2D eigenvalue weighted by Crippen LogP contribution is -2.51. The SMILES string of the molecule is COc1ccc(N(C)C(=O)C(Cc2cc(F)cc(F)c2)NC(=O)CN(Cc2ccc(F)cc2)C(=O)Cc2cccc3ccccc23)cc1. The van der Waals surface area contributed by atoms with Crippen molar-refractivity contribution in [2.24, 2.45) is 0 Å². The molecule has 10 heteroatoms. The Hall–Kier alpha value is -5.64. The van der Waals surface area contributed by atoms with Crippen LogP contribution in [0.1, 0.15) is 16.7 Å². The van der Waals surface area contributed by atoms with Crippen molar-refractivity contribution in [3.63, 3.8) is 0 Å². The summed E-state index contributed by atoms with van der Waals surface area (Å²) in [7, 11) is 3.03. The molecule has 0 spiro atoms. The Morgan fingerprint density at radius 2 is 1.44 bits per heavy atom. The van der Waals surface area contributed by atoms with E-state index in [0.717, 1.165) is 34.5 Å². The van der Waals surface area contributed by atoms with Crippen molar-refractivity contribution >= 4 is 34.2 Å². The summed E-state index contributed by atoms with van der Waals surface area (Å²) < 4.78 is 47.1. The second-order valence-corrected chi connectivity index (χ2v) is 11.4. The average Bonchev–Trinajstić information content (AvgIpc) is 3.07. The van der Waals surface area contributed by atoms with Gasteiger partial charge in [-0.1, -0.05) is 54.6 Å². The molecule has 1 atom stereocenters. The maximum absolute atomic E-state index is 14.1. The number of anilines is 1. The van der Waals surface area contributed by atoms with Crippen LogP contribution >= 0.6 is 0 Å². The number of rotatable bonds is 12. The first-order valence-corrected chi connectivity index (χ1v) is 15.2. The Labute approximate surface area is 276 Å². The molecule has 0 fully saturated rings. The number of fused-ring (bicyclic) bond motifs is 1. The van der Waals surface area contributed by atoms with Crippen LogP contribution in [0.15, 0.2) is 109 Å². The molecule has 0 radical (unpaired) electrons. The van der Waals surface area contributed by atoms with Gasteiger partial charge in [0.25, 0.3) is 0 Å². The maximum atomic E-state index is 14.1. The topological polar surface area (TPSA) is 79.0 Å². The van der Waals surface area contributed by atoms with Gasteiger partial charge in [0.2, 0.25) is 17.7 Å². The van der Waals surface area contributed by atoms with Crippen molar-refractivity contribution in [2.45, 2.75) is 25.4 Å². The Bertz CT molecular complexity index is 1890. The fraction of sp³-hybridized carbons (Fsp3) is 0.184. The molecule has 5 aromatic carbocycles. The van der Waals surface area contributed by atoms with Gasteiger partial charge in [0.1, 0.15) is 29.2 Å². The quantitative estimate of drug-likeness (QED) is 0.173. The van der Waals surface area contributed by atoms with Gasteiger partial charge in [0.05, 0.1) is 20.1 Å². The number of carbonyl (C=O) groups excluding carboxylic acids is 3. The fourth-order valence-corrected chi connectivity index (χ4v) is 5.51. The van der Waals surface area contributed by atoms with Gasteiger partial charge >= 0.3 is 0 Å². The molecule has 0 aliphatic heterocycles. The lowest BCUT2D eigenvalue weighted by Gasteiger charge is -2.27. The second-order valence-electron chi connectivity index (χ2n) is 11.4. The Kier molecular flexibility index (Phi) is 10.7. The van der Waals surface area contributed by atoms with Crippen LogP contribution in [0.2, 0.25) is 0 Å². The van der Waals surface area contributed by atoms with Gasteiger partial charge in [0, 0.05) is 31.8 Å². The van der Waals surface area contributed by atoms with Gasteiger partial charge in [-0.05, 0) is 76.0 Å². The number of nitrogens with one attached hydrogen (secondary N) is 1. The number of benzene rings is 5. The second kappa shape index (κ2) is 15.3. The highest BCUT2D eigenvalue weighted by molar-refractivity contribution is 5.99. The third-order valence-electron chi connectivity index (χ3n) is 7.98. The summed E-state index contributed by atoms with van der Waals surface area (Å²) >= 11 is 0. The zero-order chi connectivity index (χ0) is 34.2. The van der Waals surface area contributed by atoms with E-state index in [1.807, 2.05) is 42.5 Å². The predicted molar refractivity (Wildman–Crippen MR) is 178 cm³/mol. The standard InChI is InChI=1S/C38H34F3N3O4/c1-43(32-14-16-33(48-2)17-15-32)38(47)35(20-26-18-30(40)22-31(41)19-26)42-36(45)24-44(23-25-10-12-29(39)13-11-25)37(46)21-28-8-5-7-27-6-3-4-9-34(27)28/h3-19,22,35H,20-21,23-24H2,1-2H3,(H,42,45). The number of nitrogens with zero attached hydrogens (tertiary/aromatic N) is 2. The van der Waals surface area contributed by atoms with Crippen molar-refractivity contribution in [2.75, 3.05) is 25.6 Å². The summed E-state index contributed by atoms with van der Waals surface area (Å²) in [6.45, 7) is -0.439. The van der Waals surface area contributed by atoms with E-state index in [1.165, 1.54) is 48.2 Å². The van der Waals surface area contributed by atoms with E-state index in [1.54, 1.807) is 24.3 Å². The average molecular weight is 654 g/mol. The van der Waals surface area contributed by atoms with E-state index in [4.69, 9.17) is 4.74 Å². The van der Waals surface area contributed by atoms with Gasteiger partial charge in [-0.15, -0.1) is 0 Å². The van der Waals surface area contributed by atoms with Gasteiger partial charge in [-0.25, -0.2) is 13.2 Å². The van der Waals surface area contributed by atoms with Crippen LogP contribution < -0.4 is 15.0 Å². The first kappa shape index (κ1) is 33.7. The first-order chi connectivity index (χ1) is 23.1. The minimum absolute atomic E-state index is 0.00320. The molecule has 1 N–H and O–H groups in total. The van der Waals surface area contributed by atoms with E-state index in [9.17, 15) is 27.6 Å². The summed E-state index contributed by atoms with van der Waals surface area (Å²) in [4.78, 5) is 43.9. The highest BCUT2D eigenvalue weighted by Gasteiger charge is 2.28. The molecule has 0 aliphatic rings. The summed E-state index contributed by atoms with van der Waals surface area (Å²) in [6, 6.07) is 27.2. The normalized spacial score (nSPS) is 11.5. The largest absolute Gasteiger partial charge is 0.497 e. The summed E-state index contributed by atoms with van der Waals surface area (Å²) in [6.07, 6.45) is -0.234. The molecule has 0 heterocycles. The van der Waals surface area contributed by atoms with Crippen LogP contribution in [0.5, 0.6) is 5.75 Å². The predicted octanol–water partition coefficient (Wildman–Crippen LogP) is 6.23. The monoisotopic (exact) mass is 653 g/mol. The van der Waals surface area contributed by atoms with E-state index in [0.29, 0.717) is 17.0 Å². The fourth-order valence-electron chi connectivity index (χ4n) is 5.51. The highest BCUT2D eigenvalue weighted by Crippen LogP contribution is 2.22. The Morgan fingerprint density at radius 3 is 2.12 bits per heavy atom. The van der Waals surface area contributed by atoms with Crippen molar-refractivity contribution in [1.29, 1.82) is 0 Å². The Balaban J connectivity index is 1.40. The minimum atomic E-state index is -1.24. The summed E-state index contributed by atoms with van der Waals surface area (Å²) in [5, 5.41) is 4.55. The van der Waals surface area contributed by atoms with E-state index in [2.05, 4.69) is 5.32 Å². The molecule has 246 valence electrons. The molecule has 0 saturated heterocycles. The van der Waals surface area contributed by atoms with Crippen molar-refractivity contribution in [3.05, 3.63) is 143 Å². The molecule has 0 bridgehead atoms. The molecular weight excluding hydrogens is 619 g/mol. The van der Waals surface area contributed by atoms with Gasteiger partial charge in [-0.3, -0.25) is 14.4 Å². The molecule has 7 nitrogen and oxygen atoms in total. The van der Waals surface area contributed by atoms with Crippen LogP contribution in [0.25, 0.3) is 10.8 Å². The van der Waals surface area contributed by atoms with E-state index >= 15 is 0 Å². The molecule has 0 saturated carbocycles. The van der Waals surface area contributed by atoms with Gasteiger partial charge in [0.15, 0.2) is 0 Å². The van der Waals surface area contributed by atoms with Crippen LogP contribution in [0, 0.1) is 17.5 Å². The van der Waals surface area contributed by atoms with Crippen LogP contribution in [-0.4, -0.2) is 49.4 Å². The molecule has 5 rings (SSSR count). The lowest BCUT2D eigenvalue weighted by atomic mass is 10.0. The van der Waals surface area contributed by atoms with Gasteiger partial charge < -0.3 is 19.9 Å². The Morgan fingerprint density at radius 1 is 0.771 bits per heavy atom. The van der Waals surface area contributed by atoms with Crippen molar-refractivity contribution < 1.29 is 32.3 Å². The molecule has 1 unspecified atom stereocenters. The summed E-state index contributed by atoms with van der Waals surface area (Å²) in [5.74, 6) is -3.09. The molecule has 48 heavy (non-hydrogen) atoms.